The molecule has 0 N–H and O–H groups in total. The Hall–Kier alpha value is -5.86. The molecule has 1 aliphatic rings. The van der Waals surface area contributed by atoms with Crippen molar-refractivity contribution in [1.29, 1.82) is 0 Å². The molecule has 2 heteroatoms. The highest BCUT2D eigenvalue weighted by Gasteiger charge is 2.41. The van der Waals surface area contributed by atoms with Gasteiger partial charge in [-0.25, -0.2) is 0 Å². The minimum absolute atomic E-state index is 0.215. The van der Waals surface area contributed by atoms with Crippen LogP contribution in [0.2, 0.25) is 0 Å². The van der Waals surface area contributed by atoms with Gasteiger partial charge in [-0.05, 0) is 69.3 Å². The van der Waals surface area contributed by atoms with E-state index in [-0.39, 0.29) is 5.41 Å². The summed E-state index contributed by atoms with van der Waals surface area (Å²) in [6, 6.07) is 58.7. The van der Waals surface area contributed by atoms with E-state index in [4.69, 9.17) is 4.42 Å². The molecule has 224 valence electrons. The van der Waals surface area contributed by atoms with Gasteiger partial charge in [-0.3, -0.25) is 0 Å². The van der Waals surface area contributed by atoms with E-state index >= 15 is 0 Å². The van der Waals surface area contributed by atoms with E-state index in [2.05, 4.69) is 183 Å². The van der Waals surface area contributed by atoms with Crippen LogP contribution >= 0.6 is 0 Å². The van der Waals surface area contributed by atoms with Gasteiger partial charge < -0.3 is 9.32 Å². The van der Waals surface area contributed by atoms with Crippen LogP contribution in [-0.4, -0.2) is 0 Å². The number of hydrogen-bond acceptors (Lipinski definition) is 2. The van der Waals surface area contributed by atoms with E-state index in [9.17, 15) is 0 Å². The fourth-order valence-corrected chi connectivity index (χ4v) is 7.62. The summed E-state index contributed by atoms with van der Waals surface area (Å²) in [6.07, 6.45) is 0. The van der Waals surface area contributed by atoms with Crippen molar-refractivity contribution < 1.29 is 4.42 Å². The van der Waals surface area contributed by atoms with Gasteiger partial charge in [-0.15, -0.1) is 0 Å². The van der Waals surface area contributed by atoms with E-state index in [0.29, 0.717) is 0 Å². The molecule has 1 heterocycles. The van der Waals surface area contributed by atoms with Gasteiger partial charge in [0.05, 0.1) is 5.69 Å². The number of hydrogen-bond donors (Lipinski definition) is 0. The van der Waals surface area contributed by atoms with Crippen molar-refractivity contribution in [3.05, 3.63) is 175 Å². The first kappa shape index (κ1) is 27.5. The Bertz CT molecular complexity index is 2320. The van der Waals surface area contributed by atoms with E-state index in [1.807, 2.05) is 0 Å². The van der Waals surface area contributed by atoms with Crippen molar-refractivity contribution in [2.24, 2.45) is 0 Å². The summed E-state index contributed by atoms with van der Waals surface area (Å²) in [4.78, 5) is 2.41. The van der Waals surface area contributed by atoms with Gasteiger partial charge in [-0.1, -0.05) is 141 Å². The number of fused-ring (bicyclic) bond motifs is 7. The summed E-state index contributed by atoms with van der Waals surface area (Å²) in [7, 11) is 0. The summed E-state index contributed by atoms with van der Waals surface area (Å²) in [5.74, 6) is 0. The molecule has 0 radical (unpaired) electrons. The molecule has 0 fully saturated rings. The molecule has 1 aliphatic carbocycles. The maximum absolute atomic E-state index is 6.66. The molecule has 0 bridgehead atoms. The molecule has 7 aromatic carbocycles. The average Bonchev–Trinajstić information content (AvgIpc) is 3.61. The van der Waals surface area contributed by atoms with Crippen LogP contribution in [0.3, 0.4) is 0 Å². The lowest BCUT2D eigenvalue weighted by Gasteiger charge is -2.29. The third-order valence-electron chi connectivity index (χ3n) is 9.85. The highest BCUT2D eigenvalue weighted by Crippen LogP contribution is 2.58. The Balaban J connectivity index is 1.32. The third-order valence-corrected chi connectivity index (χ3v) is 9.85. The first-order valence-electron chi connectivity index (χ1n) is 16.3. The third kappa shape index (κ3) is 4.33. The van der Waals surface area contributed by atoms with Gasteiger partial charge in [0.25, 0.3) is 0 Å². The first-order chi connectivity index (χ1) is 23.1. The molecule has 9 rings (SSSR count). The quantitative estimate of drug-likeness (QED) is 0.195. The summed E-state index contributed by atoms with van der Waals surface area (Å²) < 4.78 is 6.66. The van der Waals surface area contributed by atoms with E-state index in [1.165, 1.54) is 49.9 Å². The van der Waals surface area contributed by atoms with Gasteiger partial charge in [-0.2, -0.15) is 0 Å². The lowest BCUT2D eigenvalue weighted by molar-refractivity contribution is 0.657. The second kappa shape index (κ2) is 10.6. The smallest absolute Gasteiger partial charge is 0.137 e. The van der Waals surface area contributed by atoms with Gasteiger partial charge in [0.1, 0.15) is 11.2 Å². The maximum atomic E-state index is 6.66. The zero-order chi connectivity index (χ0) is 31.5. The molecule has 47 heavy (non-hydrogen) atoms. The topological polar surface area (TPSA) is 16.4 Å². The highest BCUT2D eigenvalue weighted by molar-refractivity contribution is 6.14. The zero-order valence-corrected chi connectivity index (χ0v) is 26.4. The van der Waals surface area contributed by atoms with E-state index in [0.717, 1.165) is 33.6 Å². The van der Waals surface area contributed by atoms with Crippen molar-refractivity contribution in [3.8, 4) is 33.4 Å². The first-order valence-corrected chi connectivity index (χ1v) is 16.3. The van der Waals surface area contributed by atoms with Gasteiger partial charge in [0, 0.05) is 39.2 Å². The molecule has 0 saturated carbocycles. The molecule has 0 spiro atoms. The molecule has 0 atom stereocenters. The Morgan fingerprint density at radius 2 is 1.00 bits per heavy atom. The summed E-state index contributed by atoms with van der Waals surface area (Å²) in [5.41, 5.74) is 14.9. The molecule has 0 unspecified atom stereocenters. The van der Waals surface area contributed by atoms with Crippen LogP contribution in [0, 0.1) is 0 Å². The SMILES string of the molecule is CC1(C)c2ccccc2-c2c(N(c3ccc(-c4ccccc4)cc3)c3ccc(-c4ccccc4)cc3)cc3oc4ccccc4c3c21. The summed E-state index contributed by atoms with van der Waals surface area (Å²) in [5, 5.41) is 2.37. The average molecular weight is 604 g/mol. The summed E-state index contributed by atoms with van der Waals surface area (Å²) in [6.45, 7) is 4.71. The van der Waals surface area contributed by atoms with Crippen LogP contribution in [0.5, 0.6) is 0 Å². The van der Waals surface area contributed by atoms with Crippen LogP contribution < -0.4 is 4.90 Å². The zero-order valence-electron chi connectivity index (χ0n) is 26.4. The molecular weight excluding hydrogens is 571 g/mol. The Kier molecular flexibility index (Phi) is 6.20. The molecule has 0 aliphatic heterocycles. The Morgan fingerprint density at radius 3 is 1.62 bits per heavy atom. The number of furan rings is 1. The van der Waals surface area contributed by atoms with Crippen molar-refractivity contribution in [3.63, 3.8) is 0 Å². The monoisotopic (exact) mass is 603 g/mol. The Labute approximate surface area is 275 Å². The molecular formula is C45H33NO. The predicted molar refractivity (Wildman–Crippen MR) is 197 cm³/mol. The van der Waals surface area contributed by atoms with Crippen LogP contribution in [-0.2, 0) is 5.41 Å². The number of benzene rings is 7. The van der Waals surface area contributed by atoms with Crippen molar-refractivity contribution in [2.45, 2.75) is 19.3 Å². The number of anilines is 3. The highest BCUT2D eigenvalue weighted by atomic mass is 16.3. The summed E-state index contributed by atoms with van der Waals surface area (Å²) >= 11 is 0. The molecule has 2 nitrogen and oxygen atoms in total. The van der Waals surface area contributed by atoms with Crippen LogP contribution in [0.4, 0.5) is 17.1 Å². The molecule has 1 aromatic heterocycles. The largest absolute Gasteiger partial charge is 0.456 e. The van der Waals surface area contributed by atoms with Crippen molar-refractivity contribution in [2.75, 3.05) is 4.90 Å². The molecule has 8 aromatic rings. The van der Waals surface area contributed by atoms with Crippen LogP contribution in [0.25, 0.3) is 55.3 Å². The van der Waals surface area contributed by atoms with Crippen molar-refractivity contribution >= 4 is 39.0 Å². The number of rotatable bonds is 5. The lowest BCUT2D eigenvalue weighted by Crippen LogP contribution is -2.16. The van der Waals surface area contributed by atoms with Crippen LogP contribution in [0.1, 0.15) is 25.0 Å². The second-order valence-electron chi connectivity index (χ2n) is 12.9. The van der Waals surface area contributed by atoms with Crippen molar-refractivity contribution in [1.82, 2.24) is 0 Å². The molecule has 0 saturated heterocycles. The standard InChI is InChI=1S/C45H33NO/c1-45(2)38-19-11-9-17-36(38)42-39(29-41-43(44(42)45)37-18-10-12-20-40(37)47-41)46(34-25-21-32(22-26-34)30-13-5-3-6-14-30)35-27-23-33(24-28-35)31-15-7-4-8-16-31/h3-29H,1-2H3. The lowest BCUT2D eigenvalue weighted by atomic mass is 9.80. The second-order valence-corrected chi connectivity index (χ2v) is 12.9. The normalized spacial score (nSPS) is 13.1. The minimum atomic E-state index is -0.215. The van der Waals surface area contributed by atoms with Crippen LogP contribution in [0.15, 0.2) is 168 Å². The van der Waals surface area contributed by atoms with E-state index < -0.39 is 0 Å². The fraction of sp³-hybridized carbons (Fsp3) is 0.0667. The van der Waals surface area contributed by atoms with Gasteiger partial charge in [0.2, 0.25) is 0 Å². The fourth-order valence-electron chi connectivity index (χ4n) is 7.62. The van der Waals surface area contributed by atoms with Gasteiger partial charge in [0.15, 0.2) is 0 Å². The number of nitrogens with zero attached hydrogens (tertiary/aromatic N) is 1. The van der Waals surface area contributed by atoms with Gasteiger partial charge >= 0.3 is 0 Å². The minimum Gasteiger partial charge on any atom is -0.456 e. The van der Waals surface area contributed by atoms with E-state index in [1.54, 1.807) is 0 Å². The molecule has 0 amide bonds. The predicted octanol–water partition coefficient (Wildman–Crippen LogP) is 12.7. The maximum Gasteiger partial charge on any atom is 0.137 e. The number of para-hydroxylation sites is 1. The Morgan fingerprint density at radius 1 is 0.489 bits per heavy atom.